The summed E-state index contributed by atoms with van der Waals surface area (Å²) >= 11 is 5.97. The number of phenols is 1. The molecule has 0 fully saturated rings. The van der Waals surface area contributed by atoms with E-state index in [4.69, 9.17) is 11.6 Å². The second kappa shape index (κ2) is 5.15. The molecule has 1 aromatic carbocycles. The molecule has 0 atom stereocenters. The van der Waals surface area contributed by atoms with Gasteiger partial charge in [0.2, 0.25) is 0 Å². The maximum atomic E-state index is 12.2. The number of imidazole rings is 1. The first-order valence-electron chi connectivity index (χ1n) is 6.20. The van der Waals surface area contributed by atoms with E-state index in [0.29, 0.717) is 17.4 Å². The number of nitrogens with zero attached hydrogens (tertiary/aromatic N) is 2. The molecule has 0 aliphatic carbocycles. The predicted octanol–water partition coefficient (Wildman–Crippen LogP) is 1.60. The van der Waals surface area contributed by atoms with Crippen molar-refractivity contribution < 1.29 is 9.90 Å². The summed E-state index contributed by atoms with van der Waals surface area (Å²) in [5.74, 6) is 1.14. The number of rotatable bonds is 2. The molecule has 6 nitrogen and oxygen atoms in total. The molecule has 2 heterocycles. The Kier molecular flexibility index (Phi) is 3.33. The first-order chi connectivity index (χ1) is 9.65. The van der Waals surface area contributed by atoms with E-state index >= 15 is 0 Å². The summed E-state index contributed by atoms with van der Waals surface area (Å²) < 4.78 is 1.95. The molecule has 2 aromatic rings. The minimum absolute atomic E-state index is 0.000868. The molecule has 0 radical (unpaired) electrons. The highest BCUT2D eigenvalue weighted by Gasteiger charge is 2.17. The zero-order valence-corrected chi connectivity index (χ0v) is 11.3. The van der Waals surface area contributed by atoms with Crippen molar-refractivity contribution in [2.75, 3.05) is 11.9 Å². The van der Waals surface area contributed by atoms with Crippen LogP contribution in [-0.4, -0.2) is 27.1 Å². The number of amides is 1. The molecule has 0 saturated carbocycles. The molecule has 0 unspecified atom stereocenters. The standard InChI is InChI=1S/C13H13ClN4O2/c14-10-2-1-8(19)5-9(10)13(20)17-12-7-16-11-6-15-3-4-18(11)12/h1-2,5,7,15,19H,3-4,6H2,(H,17,20). The van der Waals surface area contributed by atoms with E-state index in [0.717, 1.165) is 18.9 Å². The summed E-state index contributed by atoms with van der Waals surface area (Å²) in [6.45, 7) is 2.26. The van der Waals surface area contributed by atoms with Crippen molar-refractivity contribution in [3.05, 3.63) is 40.8 Å². The van der Waals surface area contributed by atoms with Gasteiger partial charge in [-0.1, -0.05) is 11.6 Å². The van der Waals surface area contributed by atoms with Gasteiger partial charge in [-0.05, 0) is 18.2 Å². The van der Waals surface area contributed by atoms with Gasteiger partial charge >= 0.3 is 0 Å². The number of benzene rings is 1. The highest BCUT2D eigenvalue weighted by molar-refractivity contribution is 6.34. The molecule has 0 spiro atoms. The van der Waals surface area contributed by atoms with Crippen LogP contribution in [0.25, 0.3) is 0 Å². The fraction of sp³-hybridized carbons (Fsp3) is 0.231. The van der Waals surface area contributed by atoms with Gasteiger partial charge in [-0.15, -0.1) is 0 Å². The molecular weight excluding hydrogens is 280 g/mol. The Morgan fingerprint density at radius 3 is 3.20 bits per heavy atom. The summed E-state index contributed by atoms with van der Waals surface area (Å²) in [4.78, 5) is 16.5. The Labute approximate surface area is 120 Å². The highest BCUT2D eigenvalue weighted by Crippen LogP contribution is 2.23. The minimum atomic E-state index is -0.368. The highest BCUT2D eigenvalue weighted by atomic mass is 35.5. The molecule has 1 aromatic heterocycles. The molecule has 1 aliphatic heterocycles. The number of hydrogen-bond donors (Lipinski definition) is 3. The van der Waals surface area contributed by atoms with E-state index < -0.39 is 0 Å². The summed E-state index contributed by atoms with van der Waals surface area (Å²) in [6, 6.07) is 4.26. The lowest BCUT2D eigenvalue weighted by atomic mass is 10.2. The van der Waals surface area contributed by atoms with Crippen LogP contribution < -0.4 is 10.6 Å². The van der Waals surface area contributed by atoms with Crippen LogP contribution in [0.3, 0.4) is 0 Å². The fourth-order valence-electron chi connectivity index (χ4n) is 2.17. The second-order valence-electron chi connectivity index (χ2n) is 4.51. The van der Waals surface area contributed by atoms with Crippen molar-refractivity contribution in [2.45, 2.75) is 13.1 Å². The Bertz CT molecular complexity index is 668. The predicted molar refractivity (Wildman–Crippen MR) is 75.0 cm³/mol. The maximum absolute atomic E-state index is 12.2. The van der Waals surface area contributed by atoms with E-state index in [-0.39, 0.29) is 17.2 Å². The number of nitrogens with one attached hydrogen (secondary N) is 2. The third kappa shape index (κ3) is 2.35. The number of anilines is 1. The summed E-state index contributed by atoms with van der Waals surface area (Å²) in [5.41, 5.74) is 0.233. The van der Waals surface area contributed by atoms with Gasteiger partial charge in [0.1, 0.15) is 17.4 Å². The fourth-order valence-corrected chi connectivity index (χ4v) is 2.37. The average molecular weight is 293 g/mol. The molecule has 0 saturated heterocycles. The van der Waals surface area contributed by atoms with Gasteiger partial charge in [0, 0.05) is 13.1 Å². The SMILES string of the molecule is O=C(Nc1cnc2n1CCNC2)c1cc(O)ccc1Cl. The van der Waals surface area contributed by atoms with E-state index in [2.05, 4.69) is 15.6 Å². The largest absolute Gasteiger partial charge is 0.508 e. The topological polar surface area (TPSA) is 79.2 Å². The Hall–Kier alpha value is -2.05. The van der Waals surface area contributed by atoms with Crippen LogP contribution in [-0.2, 0) is 13.1 Å². The molecule has 20 heavy (non-hydrogen) atoms. The van der Waals surface area contributed by atoms with Crippen LogP contribution in [0.2, 0.25) is 5.02 Å². The maximum Gasteiger partial charge on any atom is 0.258 e. The number of aromatic hydroxyl groups is 1. The minimum Gasteiger partial charge on any atom is -0.508 e. The molecule has 1 aliphatic rings. The average Bonchev–Trinajstić information content (AvgIpc) is 2.85. The van der Waals surface area contributed by atoms with E-state index in [1.807, 2.05) is 4.57 Å². The smallest absolute Gasteiger partial charge is 0.258 e. The molecule has 3 N–H and O–H groups in total. The number of carbonyl (C=O) groups is 1. The first-order valence-corrected chi connectivity index (χ1v) is 6.58. The van der Waals surface area contributed by atoms with Crippen molar-refractivity contribution in [1.29, 1.82) is 0 Å². The molecular formula is C13H13ClN4O2. The number of carbonyl (C=O) groups excluding carboxylic acids is 1. The van der Waals surface area contributed by atoms with Crippen molar-refractivity contribution in [2.24, 2.45) is 0 Å². The van der Waals surface area contributed by atoms with Crippen molar-refractivity contribution in [3.8, 4) is 5.75 Å². The number of fused-ring (bicyclic) bond motifs is 1. The van der Waals surface area contributed by atoms with Crippen LogP contribution in [0, 0.1) is 0 Å². The van der Waals surface area contributed by atoms with Gasteiger partial charge < -0.3 is 20.3 Å². The summed E-state index contributed by atoms with van der Waals surface area (Å²) in [7, 11) is 0. The van der Waals surface area contributed by atoms with Crippen molar-refractivity contribution in [3.63, 3.8) is 0 Å². The third-order valence-corrected chi connectivity index (χ3v) is 3.50. The van der Waals surface area contributed by atoms with Crippen LogP contribution in [0.4, 0.5) is 5.82 Å². The van der Waals surface area contributed by atoms with Gasteiger partial charge in [-0.2, -0.15) is 0 Å². The van der Waals surface area contributed by atoms with Gasteiger partial charge in [0.15, 0.2) is 0 Å². The summed E-state index contributed by atoms with van der Waals surface area (Å²) in [5, 5.41) is 15.7. The van der Waals surface area contributed by atoms with Crippen LogP contribution in [0.15, 0.2) is 24.4 Å². The van der Waals surface area contributed by atoms with E-state index in [9.17, 15) is 9.90 Å². The zero-order valence-electron chi connectivity index (χ0n) is 10.6. The van der Waals surface area contributed by atoms with Crippen molar-refractivity contribution in [1.82, 2.24) is 14.9 Å². The lowest BCUT2D eigenvalue weighted by Gasteiger charge is -2.17. The Morgan fingerprint density at radius 2 is 2.35 bits per heavy atom. The third-order valence-electron chi connectivity index (χ3n) is 3.17. The molecule has 104 valence electrons. The van der Waals surface area contributed by atoms with E-state index in [1.54, 1.807) is 6.20 Å². The first kappa shape index (κ1) is 13.0. The second-order valence-corrected chi connectivity index (χ2v) is 4.91. The molecule has 7 heteroatoms. The zero-order chi connectivity index (χ0) is 14.1. The molecule has 3 rings (SSSR count). The molecule has 1 amide bonds. The number of halogens is 1. The van der Waals surface area contributed by atoms with E-state index in [1.165, 1.54) is 18.2 Å². The monoisotopic (exact) mass is 292 g/mol. The Morgan fingerprint density at radius 1 is 1.50 bits per heavy atom. The summed E-state index contributed by atoms with van der Waals surface area (Å²) in [6.07, 6.45) is 1.62. The van der Waals surface area contributed by atoms with Gasteiger partial charge in [-0.3, -0.25) is 4.79 Å². The van der Waals surface area contributed by atoms with Crippen molar-refractivity contribution >= 4 is 23.3 Å². The normalized spacial score (nSPS) is 13.8. The van der Waals surface area contributed by atoms with Gasteiger partial charge in [0.05, 0.1) is 23.3 Å². The number of aromatic nitrogens is 2. The number of phenolic OH excluding ortho intramolecular Hbond substituents is 1. The lowest BCUT2D eigenvalue weighted by molar-refractivity contribution is 0.102. The van der Waals surface area contributed by atoms with Crippen LogP contribution in [0.5, 0.6) is 5.75 Å². The number of hydrogen-bond acceptors (Lipinski definition) is 4. The Balaban J connectivity index is 1.86. The van der Waals surface area contributed by atoms with Gasteiger partial charge in [0.25, 0.3) is 5.91 Å². The quantitative estimate of drug-likeness (QED) is 0.785. The van der Waals surface area contributed by atoms with Crippen LogP contribution in [0.1, 0.15) is 16.2 Å². The molecule has 0 bridgehead atoms. The lowest BCUT2D eigenvalue weighted by Crippen LogP contribution is -2.29. The van der Waals surface area contributed by atoms with Crippen LogP contribution >= 0.6 is 11.6 Å². The van der Waals surface area contributed by atoms with Gasteiger partial charge in [-0.25, -0.2) is 4.98 Å².